The van der Waals surface area contributed by atoms with Gasteiger partial charge in [0.2, 0.25) is 6.79 Å². The zero-order valence-corrected chi connectivity index (χ0v) is 18.1. The first kappa shape index (κ1) is 20.6. The van der Waals surface area contributed by atoms with Crippen molar-refractivity contribution < 1.29 is 23.8 Å². The number of nitrogens with zero attached hydrogens (tertiary/aromatic N) is 1. The van der Waals surface area contributed by atoms with Crippen molar-refractivity contribution in [2.24, 2.45) is 0 Å². The second-order valence-electron chi connectivity index (χ2n) is 6.97. The van der Waals surface area contributed by atoms with Gasteiger partial charge in [-0.2, -0.15) is 0 Å². The molecule has 0 aromatic heterocycles. The molecule has 1 fully saturated rings. The number of rotatable bonds is 6. The molecule has 2 aromatic carbocycles. The van der Waals surface area contributed by atoms with Gasteiger partial charge in [0.15, 0.2) is 11.5 Å². The summed E-state index contributed by atoms with van der Waals surface area (Å²) < 4.78 is 16.4. The third-order valence-electron chi connectivity index (χ3n) is 4.83. The van der Waals surface area contributed by atoms with Crippen molar-refractivity contribution in [2.45, 2.75) is 32.9 Å². The molecule has 2 amide bonds. The summed E-state index contributed by atoms with van der Waals surface area (Å²) in [6.07, 6.45) is 2.76. The Labute approximate surface area is 183 Å². The van der Waals surface area contributed by atoms with Crippen molar-refractivity contribution in [1.82, 2.24) is 4.90 Å². The minimum Gasteiger partial charge on any atom is -0.491 e. The number of thioether (sulfide) groups is 1. The molecule has 30 heavy (non-hydrogen) atoms. The smallest absolute Gasteiger partial charge is 0.293 e. The van der Waals surface area contributed by atoms with Crippen molar-refractivity contribution in [3.63, 3.8) is 0 Å². The fraction of sp³-hybridized carbons (Fsp3) is 0.273. The highest BCUT2D eigenvalue weighted by molar-refractivity contribution is 8.18. The molecule has 0 aliphatic carbocycles. The summed E-state index contributed by atoms with van der Waals surface area (Å²) in [6, 6.07) is 10.8. The van der Waals surface area contributed by atoms with E-state index in [1.807, 2.05) is 31.2 Å². The first-order valence-electron chi connectivity index (χ1n) is 9.54. The lowest BCUT2D eigenvalue weighted by molar-refractivity contribution is -0.123. The van der Waals surface area contributed by atoms with Crippen LogP contribution < -0.4 is 14.2 Å². The minimum absolute atomic E-state index is 0.0686. The number of carbonyl (C=O) groups is 2. The number of carbonyl (C=O) groups excluding carboxylic acids is 2. The molecule has 6 nitrogen and oxygen atoms in total. The summed E-state index contributed by atoms with van der Waals surface area (Å²) in [5.74, 6) is 1.53. The lowest BCUT2D eigenvalue weighted by Gasteiger charge is -2.14. The van der Waals surface area contributed by atoms with E-state index in [2.05, 4.69) is 6.92 Å². The summed E-state index contributed by atoms with van der Waals surface area (Å²) in [5, 5.41) is 0.0795. The van der Waals surface area contributed by atoms with Crippen molar-refractivity contribution in [2.75, 3.05) is 6.79 Å². The number of hydrogen-bond donors (Lipinski definition) is 0. The van der Waals surface area contributed by atoms with Crippen molar-refractivity contribution in [3.05, 3.63) is 57.5 Å². The van der Waals surface area contributed by atoms with Crippen LogP contribution in [0.1, 0.15) is 31.4 Å². The molecule has 2 aliphatic rings. The van der Waals surface area contributed by atoms with Crippen LogP contribution in [0.25, 0.3) is 6.08 Å². The molecule has 0 saturated carbocycles. The predicted octanol–water partition coefficient (Wildman–Crippen LogP) is 5.48. The summed E-state index contributed by atoms with van der Waals surface area (Å²) in [4.78, 5) is 26.8. The summed E-state index contributed by atoms with van der Waals surface area (Å²) in [6.45, 7) is 4.27. The Hall–Kier alpha value is -2.64. The molecular weight excluding hydrogens is 426 g/mol. The van der Waals surface area contributed by atoms with Gasteiger partial charge >= 0.3 is 0 Å². The maximum absolute atomic E-state index is 12.8. The Bertz CT molecular complexity index is 1020. The first-order chi connectivity index (χ1) is 14.4. The molecule has 156 valence electrons. The van der Waals surface area contributed by atoms with Crippen LogP contribution in [0.2, 0.25) is 5.02 Å². The fourth-order valence-electron chi connectivity index (χ4n) is 3.00. The van der Waals surface area contributed by atoms with Gasteiger partial charge in [-0.3, -0.25) is 14.5 Å². The van der Waals surface area contributed by atoms with E-state index in [0.29, 0.717) is 27.0 Å². The van der Waals surface area contributed by atoms with E-state index in [4.69, 9.17) is 25.8 Å². The van der Waals surface area contributed by atoms with E-state index in [0.717, 1.165) is 29.5 Å². The van der Waals surface area contributed by atoms with Crippen LogP contribution in [0.3, 0.4) is 0 Å². The topological polar surface area (TPSA) is 65.1 Å². The second kappa shape index (κ2) is 8.62. The second-order valence-corrected chi connectivity index (χ2v) is 8.37. The van der Waals surface area contributed by atoms with Crippen LogP contribution >= 0.6 is 23.4 Å². The molecule has 1 saturated heterocycles. The van der Waals surface area contributed by atoms with Crippen LogP contribution in [0.4, 0.5) is 4.79 Å². The van der Waals surface area contributed by atoms with Crippen molar-refractivity contribution >= 4 is 40.6 Å². The standard InChI is InChI=1S/C22H20ClNO5S/c1-3-13(2)29-16-6-4-14(5-7-16)8-20-21(25)24(22(26)30-20)11-15-9-18-19(10-17(15)23)28-12-27-18/h4-10,13H,3,11-12H2,1-2H3/b20-8-. The van der Waals surface area contributed by atoms with Gasteiger partial charge in [-0.25, -0.2) is 0 Å². The molecule has 8 heteroatoms. The average molecular weight is 446 g/mol. The van der Waals surface area contributed by atoms with Crippen LogP contribution in [0, 0.1) is 0 Å². The summed E-state index contributed by atoms with van der Waals surface area (Å²) in [7, 11) is 0. The van der Waals surface area contributed by atoms with E-state index >= 15 is 0 Å². The molecular formula is C22H20ClNO5S. The number of hydrogen-bond acceptors (Lipinski definition) is 6. The molecule has 0 bridgehead atoms. The quantitative estimate of drug-likeness (QED) is 0.548. The zero-order chi connectivity index (χ0) is 21.3. The molecule has 0 spiro atoms. The third-order valence-corrected chi connectivity index (χ3v) is 6.09. The number of amides is 2. The van der Waals surface area contributed by atoms with Gasteiger partial charge in [-0.1, -0.05) is 30.7 Å². The average Bonchev–Trinajstić information content (AvgIpc) is 3.28. The molecule has 2 heterocycles. The normalized spacial score (nSPS) is 17.7. The predicted molar refractivity (Wildman–Crippen MR) is 116 cm³/mol. The Balaban J connectivity index is 1.49. The Morgan fingerprint density at radius 2 is 1.90 bits per heavy atom. The lowest BCUT2D eigenvalue weighted by atomic mass is 10.1. The first-order valence-corrected chi connectivity index (χ1v) is 10.7. The van der Waals surface area contributed by atoms with Crippen LogP contribution in [0.15, 0.2) is 41.3 Å². The molecule has 4 rings (SSSR count). The summed E-state index contributed by atoms with van der Waals surface area (Å²) >= 11 is 7.20. The number of benzene rings is 2. The van der Waals surface area contributed by atoms with E-state index in [9.17, 15) is 9.59 Å². The van der Waals surface area contributed by atoms with Gasteiger partial charge in [0.1, 0.15) is 5.75 Å². The van der Waals surface area contributed by atoms with Crippen LogP contribution in [0.5, 0.6) is 17.2 Å². The maximum atomic E-state index is 12.8. The number of ether oxygens (including phenoxy) is 3. The van der Waals surface area contributed by atoms with E-state index in [1.54, 1.807) is 18.2 Å². The number of fused-ring (bicyclic) bond motifs is 1. The SMILES string of the molecule is CCC(C)Oc1ccc(/C=C2\SC(=O)N(Cc3cc4c(cc3Cl)OCO4)C2=O)cc1. The Morgan fingerprint density at radius 3 is 2.60 bits per heavy atom. The lowest BCUT2D eigenvalue weighted by Crippen LogP contribution is -2.27. The Kier molecular flexibility index (Phi) is 5.92. The van der Waals surface area contributed by atoms with Gasteiger partial charge in [-0.05, 0) is 60.5 Å². The van der Waals surface area contributed by atoms with Gasteiger partial charge in [0.05, 0.1) is 17.6 Å². The molecule has 0 N–H and O–H groups in total. The monoisotopic (exact) mass is 445 g/mol. The highest BCUT2D eigenvalue weighted by atomic mass is 35.5. The van der Waals surface area contributed by atoms with Crippen molar-refractivity contribution in [1.29, 1.82) is 0 Å². The summed E-state index contributed by atoms with van der Waals surface area (Å²) in [5.41, 5.74) is 1.44. The Morgan fingerprint density at radius 1 is 1.20 bits per heavy atom. The third kappa shape index (κ3) is 4.27. The molecule has 1 unspecified atom stereocenters. The maximum Gasteiger partial charge on any atom is 0.293 e. The van der Waals surface area contributed by atoms with Gasteiger partial charge in [-0.15, -0.1) is 0 Å². The van der Waals surface area contributed by atoms with Crippen molar-refractivity contribution in [3.8, 4) is 17.2 Å². The fourth-order valence-corrected chi connectivity index (χ4v) is 4.05. The van der Waals surface area contributed by atoms with E-state index < -0.39 is 0 Å². The minimum atomic E-state index is -0.348. The molecule has 0 radical (unpaired) electrons. The highest BCUT2D eigenvalue weighted by Crippen LogP contribution is 2.39. The highest BCUT2D eigenvalue weighted by Gasteiger charge is 2.35. The molecule has 2 aromatic rings. The number of halogens is 1. The zero-order valence-electron chi connectivity index (χ0n) is 16.5. The largest absolute Gasteiger partial charge is 0.491 e. The van der Waals surface area contributed by atoms with Crippen LogP contribution in [-0.2, 0) is 11.3 Å². The molecule has 2 aliphatic heterocycles. The van der Waals surface area contributed by atoms with Crippen LogP contribution in [-0.4, -0.2) is 28.9 Å². The van der Waals surface area contributed by atoms with E-state index in [-0.39, 0.29) is 30.6 Å². The van der Waals surface area contributed by atoms with Gasteiger partial charge in [0, 0.05) is 11.1 Å². The number of imide groups is 1. The van der Waals surface area contributed by atoms with Gasteiger partial charge in [0.25, 0.3) is 11.1 Å². The van der Waals surface area contributed by atoms with E-state index in [1.165, 1.54) is 4.90 Å². The van der Waals surface area contributed by atoms with Gasteiger partial charge < -0.3 is 14.2 Å². The molecule has 1 atom stereocenters.